The van der Waals surface area contributed by atoms with E-state index in [1.807, 2.05) is 6.08 Å². The molecule has 7 rings (SSSR count). The first-order chi connectivity index (χ1) is 22.5. The average molecular weight is 636 g/mol. The summed E-state index contributed by atoms with van der Waals surface area (Å²) in [7, 11) is 1.09. The van der Waals surface area contributed by atoms with Crippen molar-refractivity contribution in [2.75, 3.05) is 24.0 Å². The Kier molecular flexibility index (Phi) is 7.25. The summed E-state index contributed by atoms with van der Waals surface area (Å²) in [5, 5.41) is 30.0. The maximum absolute atomic E-state index is 14.6. The molecule has 47 heavy (non-hydrogen) atoms. The summed E-state index contributed by atoms with van der Waals surface area (Å²) in [6, 6.07) is 17.5. The van der Waals surface area contributed by atoms with Crippen molar-refractivity contribution in [2.45, 2.75) is 25.7 Å². The number of benzene rings is 3. The number of phenols is 1. The van der Waals surface area contributed by atoms with E-state index in [9.17, 15) is 34.3 Å². The van der Waals surface area contributed by atoms with E-state index < -0.39 is 65.8 Å². The van der Waals surface area contributed by atoms with Crippen molar-refractivity contribution in [3.63, 3.8) is 0 Å². The van der Waals surface area contributed by atoms with Crippen molar-refractivity contribution >= 4 is 47.6 Å². The Labute approximate surface area is 271 Å². The van der Waals surface area contributed by atoms with Crippen molar-refractivity contribution in [3.8, 4) is 17.2 Å². The van der Waals surface area contributed by atoms with Gasteiger partial charge in [-0.2, -0.15) is 0 Å². The fraction of sp³-hybridized carbons (Fsp3) is 0.314. The van der Waals surface area contributed by atoms with Gasteiger partial charge in [-0.3, -0.25) is 24.1 Å². The molecule has 240 valence electrons. The number of para-hydroxylation sites is 1. The molecule has 3 N–H and O–H groups in total. The average Bonchev–Trinajstić information content (AvgIpc) is 3.44. The Morgan fingerprint density at radius 1 is 0.809 bits per heavy atom. The minimum atomic E-state index is -1.79. The van der Waals surface area contributed by atoms with Gasteiger partial charge in [0.2, 0.25) is 23.6 Å². The molecule has 2 aliphatic heterocycles. The lowest BCUT2D eigenvalue weighted by molar-refractivity contribution is -0.131. The van der Waals surface area contributed by atoms with Gasteiger partial charge in [0.25, 0.3) is 0 Å². The summed E-state index contributed by atoms with van der Waals surface area (Å²) in [6.45, 7) is 1.76. The van der Waals surface area contributed by atoms with E-state index in [0.717, 1.165) is 10.5 Å². The smallest absolute Gasteiger partial charge is 0.488 e. The second kappa shape index (κ2) is 11.1. The van der Waals surface area contributed by atoms with Crippen LogP contribution in [0.5, 0.6) is 17.2 Å². The molecule has 4 amide bonds. The molecule has 11 nitrogen and oxygen atoms in total. The predicted octanol–water partition coefficient (Wildman–Crippen LogP) is 2.52. The standard InChI is InChI=1S/C35H33BN2O9/c1-35-25(32(41)38(34(35)43)19-9-5-4-6-10-19)17-24-22(30(35)29-26(46-2)15-21(39)16-27(29)47-3)12-13-23-28(24)33(42)37(31(23)40)20-11-7-8-18(14-20)36(44)45/h4-12,14-16,23-25,28,30,39,44-45H,13,17H2,1-3H3. The van der Waals surface area contributed by atoms with Crippen LogP contribution in [-0.4, -0.2) is 60.1 Å². The van der Waals surface area contributed by atoms with Gasteiger partial charge in [-0.1, -0.05) is 42.0 Å². The van der Waals surface area contributed by atoms with E-state index in [4.69, 9.17) is 9.47 Å². The van der Waals surface area contributed by atoms with Crippen molar-refractivity contribution in [1.82, 2.24) is 0 Å². The van der Waals surface area contributed by atoms with Gasteiger partial charge in [0.1, 0.15) is 17.2 Å². The first-order valence-corrected chi connectivity index (χ1v) is 15.4. The van der Waals surface area contributed by atoms with Crippen molar-refractivity contribution in [2.24, 2.45) is 29.1 Å². The second-order valence-corrected chi connectivity index (χ2v) is 12.7. The highest BCUT2D eigenvalue weighted by Crippen LogP contribution is 2.65. The molecule has 0 bridgehead atoms. The summed E-state index contributed by atoms with van der Waals surface area (Å²) in [5.41, 5.74) is 0.641. The largest absolute Gasteiger partial charge is 0.508 e. The topological polar surface area (TPSA) is 154 Å². The summed E-state index contributed by atoms with van der Waals surface area (Å²) in [6.07, 6.45) is 2.28. The third-order valence-electron chi connectivity index (χ3n) is 10.5. The van der Waals surface area contributed by atoms with Crippen molar-refractivity contribution < 1.29 is 43.8 Å². The third-order valence-corrected chi connectivity index (χ3v) is 10.5. The zero-order chi connectivity index (χ0) is 33.4. The Morgan fingerprint density at radius 2 is 1.47 bits per heavy atom. The maximum Gasteiger partial charge on any atom is 0.488 e. The lowest BCUT2D eigenvalue weighted by Crippen LogP contribution is -2.49. The van der Waals surface area contributed by atoms with Crippen LogP contribution < -0.4 is 24.7 Å². The van der Waals surface area contributed by atoms with Crippen LogP contribution in [0.1, 0.15) is 31.2 Å². The molecule has 12 heteroatoms. The number of rotatable bonds is 6. The zero-order valence-corrected chi connectivity index (χ0v) is 26.0. The molecular weight excluding hydrogens is 603 g/mol. The first-order valence-electron chi connectivity index (χ1n) is 15.4. The summed E-state index contributed by atoms with van der Waals surface area (Å²) in [4.78, 5) is 59.5. The Bertz CT molecular complexity index is 1840. The normalized spacial score (nSPS) is 28.1. The highest BCUT2D eigenvalue weighted by molar-refractivity contribution is 6.58. The van der Waals surface area contributed by atoms with Gasteiger partial charge in [0.15, 0.2) is 0 Å². The number of methoxy groups -OCH3 is 2. The number of carbonyl (C=O) groups excluding carboxylic acids is 4. The summed E-state index contributed by atoms with van der Waals surface area (Å²) >= 11 is 0. The number of allylic oxidation sites excluding steroid dienone is 2. The van der Waals surface area contributed by atoms with Crippen LogP contribution in [0.3, 0.4) is 0 Å². The molecule has 3 aromatic carbocycles. The molecule has 0 radical (unpaired) electrons. The number of hydrogen-bond donors (Lipinski definition) is 3. The number of phenolic OH excluding ortho intramolecular Hbond substituents is 1. The van der Waals surface area contributed by atoms with E-state index in [-0.39, 0.29) is 41.2 Å². The van der Waals surface area contributed by atoms with Gasteiger partial charge < -0.3 is 24.6 Å². The van der Waals surface area contributed by atoms with Gasteiger partial charge in [-0.15, -0.1) is 0 Å². The number of aromatic hydroxyl groups is 1. The second-order valence-electron chi connectivity index (χ2n) is 12.7. The minimum absolute atomic E-state index is 0.114. The summed E-state index contributed by atoms with van der Waals surface area (Å²) < 4.78 is 11.5. The van der Waals surface area contributed by atoms with Gasteiger partial charge in [-0.05, 0) is 55.4 Å². The fourth-order valence-electron chi connectivity index (χ4n) is 8.43. The molecule has 0 aromatic heterocycles. The molecule has 1 saturated carbocycles. The predicted molar refractivity (Wildman–Crippen MR) is 171 cm³/mol. The fourth-order valence-corrected chi connectivity index (χ4v) is 8.43. The molecule has 6 atom stereocenters. The molecule has 2 heterocycles. The van der Waals surface area contributed by atoms with Gasteiger partial charge >= 0.3 is 7.12 Å². The Morgan fingerprint density at radius 3 is 2.11 bits per heavy atom. The van der Waals surface area contributed by atoms with E-state index in [2.05, 4.69) is 0 Å². The first kappa shape index (κ1) is 30.7. The minimum Gasteiger partial charge on any atom is -0.508 e. The third kappa shape index (κ3) is 4.35. The van der Waals surface area contributed by atoms with E-state index in [1.54, 1.807) is 49.4 Å². The van der Waals surface area contributed by atoms with Crippen LogP contribution >= 0.6 is 0 Å². The maximum atomic E-state index is 14.6. The zero-order valence-electron chi connectivity index (χ0n) is 26.0. The summed E-state index contributed by atoms with van der Waals surface area (Å²) in [5.74, 6) is -5.11. The highest BCUT2D eigenvalue weighted by atomic mass is 16.5. The van der Waals surface area contributed by atoms with Crippen LogP contribution in [-0.2, 0) is 19.2 Å². The number of amides is 4. The lowest BCUT2D eigenvalue weighted by atomic mass is 9.51. The van der Waals surface area contributed by atoms with Crippen molar-refractivity contribution in [3.05, 3.63) is 83.9 Å². The highest BCUT2D eigenvalue weighted by Gasteiger charge is 2.68. The Balaban J connectivity index is 1.40. The van der Waals surface area contributed by atoms with E-state index in [1.165, 1.54) is 43.4 Å². The Hall–Kier alpha value is -4.94. The molecule has 2 aliphatic carbocycles. The van der Waals surface area contributed by atoms with Gasteiger partial charge in [-0.25, -0.2) is 4.90 Å². The number of anilines is 2. The van der Waals surface area contributed by atoms with Crippen LogP contribution in [0.15, 0.2) is 78.4 Å². The molecule has 3 aromatic rings. The van der Waals surface area contributed by atoms with Gasteiger partial charge in [0.05, 0.1) is 48.8 Å². The lowest BCUT2D eigenvalue weighted by Gasteiger charge is -2.49. The molecule has 3 fully saturated rings. The molecule has 6 unspecified atom stereocenters. The number of carbonyl (C=O) groups is 4. The molecule has 0 spiro atoms. The SMILES string of the molecule is COc1cc(O)cc(OC)c1C1C2=CCC3C(=O)N(c4cccc(B(O)O)c4)C(=O)C3C2CC2C(=O)N(c3ccccc3)C(=O)C21C. The molecular formula is C35H33BN2O9. The quantitative estimate of drug-likeness (QED) is 0.211. The number of ether oxygens (including phenoxy) is 2. The van der Waals surface area contributed by atoms with Crippen LogP contribution in [0.2, 0.25) is 0 Å². The number of hydrogen-bond acceptors (Lipinski definition) is 9. The molecule has 4 aliphatic rings. The van der Waals surface area contributed by atoms with Gasteiger partial charge in [0, 0.05) is 23.6 Å². The van der Waals surface area contributed by atoms with Crippen LogP contribution in [0.4, 0.5) is 11.4 Å². The number of nitrogens with zero attached hydrogens (tertiary/aromatic N) is 2. The van der Waals surface area contributed by atoms with Crippen LogP contribution in [0, 0.1) is 29.1 Å². The molecule has 2 saturated heterocycles. The van der Waals surface area contributed by atoms with Crippen molar-refractivity contribution in [1.29, 1.82) is 0 Å². The monoisotopic (exact) mass is 636 g/mol. The van der Waals surface area contributed by atoms with Crippen LogP contribution in [0.25, 0.3) is 0 Å². The van der Waals surface area contributed by atoms with E-state index >= 15 is 0 Å². The van der Waals surface area contributed by atoms with E-state index in [0.29, 0.717) is 11.3 Å². The number of fused-ring (bicyclic) bond motifs is 4. The number of imide groups is 2.